The maximum Gasteiger partial charge on any atom is 0.251 e. The van der Waals surface area contributed by atoms with Gasteiger partial charge in [0.2, 0.25) is 0 Å². The maximum atomic E-state index is 12.6. The predicted octanol–water partition coefficient (Wildman–Crippen LogP) is 1.41. The molecule has 116 valence electrons. The van der Waals surface area contributed by atoms with Gasteiger partial charge in [0, 0.05) is 12.5 Å². The zero-order chi connectivity index (χ0) is 15.7. The van der Waals surface area contributed by atoms with Crippen LogP contribution in [0.3, 0.4) is 0 Å². The van der Waals surface area contributed by atoms with Crippen molar-refractivity contribution in [1.82, 2.24) is 9.97 Å². The molecule has 0 atom stereocenters. The Labute approximate surface area is 129 Å². The first kappa shape index (κ1) is 15.0. The summed E-state index contributed by atoms with van der Waals surface area (Å²) in [5, 5.41) is -0.420. The van der Waals surface area contributed by atoms with Crippen LogP contribution in [0.15, 0.2) is 35.1 Å². The fraction of sp³-hybridized carbons (Fsp3) is 0.375. The number of aromatic amines is 1. The molecule has 0 radical (unpaired) electrons. The average Bonchev–Trinajstić information content (AvgIpc) is 2.91. The molecule has 2 aromatic rings. The van der Waals surface area contributed by atoms with Crippen LogP contribution in [-0.4, -0.2) is 23.6 Å². The van der Waals surface area contributed by atoms with Crippen molar-refractivity contribution in [1.29, 1.82) is 0 Å². The molecule has 0 amide bonds. The Morgan fingerprint density at radius 2 is 1.86 bits per heavy atom. The molecule has 0 saturated carbocycles. The lowest BCUT2D eigenvalue weighted by Gasteiger charge is -2.11. The van der Waals surface area contributed by atoms with Crippen LogP contribution in [0.5, 0.6) is 0 Å². The minimum Gasteiger partial charge on any atom is -0.311 e. The topological polar surface area (TPSA) is 79.9 Å². The summed E-state index contributed by atoms with van der Waals surface area (Å²) < 4.78 is 25.3. The Hall–Kier alpha value is -1.95. The SMILES string of the molecule is CCc1nc(CS(=O)(=O)C2Cc3ccccc3C2)cc(=O)[nH]1. The van der Waals surface area contributed by atoms with Crippen molar-refractivity contribution in [3.63, 3.8) is 0 Å². The molecule has 5 nitrogen and oxygen atoms in total. The zero-order valence-corrected chi connectivity index (χ0v) is 13.2. The van der Waals surface area contributed by atoms with E-state index in [9.17, 15) is 13.2 Å². The number of aryl methyl sites for hydroxylation is 1. The van der Waals surface area contributed by atoms with E-state index in [1.807, 2.05) is 31.2 Å². The van der Waals surface area contributed by atoms with Crippen molar-refractivity contribution in [3.8, 4) is 0 Å². The van der Waals surface area contributed by atoms with Crippen molar-refractivity contribution in [2.45, 2.75) is 37.2 Å². The van der Waals surface area contributed by atoms with E-state index >= 15 is 0 Å². The number of aromatic nitrogens is 2. The fourth-order valence-electron chi connectivity index (χ4n) is 2.90. The second-order valence-corrected chi connectivity index (χ2v) is 7.92. The number of benzene rings is 1. The quantitative estimate of drug-likeness (QED) is 0.924. The summed E-state index contributed by atoms with van der Waals surface area (Å²) in [5.74, 6) is 0.343. The number of rotatable bonds is 4. The third-order valence-corrected chi connectivity index (χ3v) is 6.10. The number of hydrogen-bond donors (Lipinski definition) is 1. The molecule has 1 aromatic carbocycles. The summed E-state index contributed by atoms with van der Waals surface area (Å²) in [6.45, 7) is 1.87. The molecule has 1 aliphatic carbocycles. The van der Waals surface area contributed by atoms with E-state index in [2.05, 4.69) is 9.97 Å². The monoisotopic (exact) mass is 318 g/mol. The first-order valence-corrected chi connectivity index (χ1v) is 9.07. The van der Waals surface area contributed by atoms with Gasteiger partial charge < -0.3 is 4.98 Å². The molecule has 6 heteroatoms. The molecular weight excluding hydrogens is 300 g/mol. The average molecular weight is 318 g/mol. The molecule has 0 bridgehead atoms. The number of sulfone groups is 1. The molecule has 0 fully saturated rings. The summed E-state index contributed by atoms with van der Waals surface area (Å²) in [6, 6.07) is 9.09. The van der Waals surface area contributed by atoms with Crippen LogP contribution in [0.2, 0.25) is 0 Å². The van der Waals surface area contributed by atoms with E-state index in [0.717, 1.165) is 11.1 Å². The van der Waals surface area contributed by atoms with Gasteiger partial charge in [-0.1, -0.05) is 31.2 Å². The smallest absolute Gasteiger partial charge is 0.251 e. The highest BCUT2D eigenvalue weighted by Crippen LogP contribution is 2.27. The van der Waals surface area contributed by atoms with Gasteiger partial charge in [-0.3, -0.25) is 4.79 Å². The van der Waals surface area contributed by atoms with Crippen molar-refractivity contribution >= 4 is 9.84 Å². The van der Waals surface area contributed by atoms with Crippen molar-refractivity contribution in [2.75, 3.05) is 0 Å². The fourth-order valence-corrected chi connectivity index (χ4v) is 4.56. The summed E-state index contributed by atoms with van der Waals surface area (Å²) in [4.78, 5) is 18.4. The first-order chi connectivity index (χ1) is 10.5. The molecule has 0 spiro atoms. The van der Waals surface area contributed by atoms with Gasteiger partial charge in [0.05, 0.1) is 16.7 Å². The van der Waals surface area contributed by atoms with Gasteiger partial charge in [-0.2, -0.15) is 0 Å². The summed E-state index contributed by atoms with van der Waals surface area (Å²) in [6.07, 6.45) is 1.66. The van der Waals surface area contributed by atoms with E-state index in [0.29, 0.717) is 30.8 Å². The lowest BCUT2D eigenvalue weighted by Crippen LogP contribution is -2.25. The Morgan fingerprint density at radius 1 is 1.23 bits per heavy atom. The van der Waals surface area contributed by atoms with Gasteiger partial charge in [-0.15, -0.1) is 0 Å². The van der Waals surface area contributed by atoms with Crippen molar-refractivity contribution < 1.29 is 8.42 Å². The summed E-state index contributed by atoms with van der Waals surface area (Å²) in [7, 11) is -3.34. The molecule has 1 heterocycles. The van der Waals surface area contributed by atoms with Gasteiger partial charge >= 0.3 is 0 Å². The summed E-state index contributed by atoms with van der Waals surface area (Å²) >= 11 is 0. The maximum absolute atomic E-state index is 12.6. The van der Waals surface area contributed by atoms with Gasteiger partial charge in [-0.25, -0.2) is 13.4 Å². The molecule has 0 saturated heterocycles. The van der Waals surface area contributed by atoms with Gasteiger partial charge in [0.25, 0.3) is 5.56 Å². The number of hydrogen-bond acceptors (Lipinski definition) is 4. The number of fused-ring (bicyclic) bond motifs is 1. The molecule has 1 aromatic heterocycles. The standard InChI is InChI=1S/C16H18N2O3S/c1-2-15-17-13(9-16(19)18-15)10-22(20,21)14-7-11-5-3-4-6-12(11)8-14/h3-6,9,14H,2,7-8,10H2,1H3,(H,17,18,19). The predicted molar refractivity (Wildman–Crippen MR) is 84.5 cm³/mol. The minimum absolute atomic E-state index is 0.178. The van der Waals surface area contributed by atoms with Crippen LogP contribution < -0.4 is 5.56 Å². The highest BCUT2D eigenvalue weighted by Gasteiger charge is 2.32. The normalized spacial score (nSPS) is 15.0. The Bertz CT molecular complexity index is 831. The lowest BCUT2D eigenvalue weighted by molar-refractivity contribution is 0.579. The Kier molecular flexibility index (Phi) is 3.87. The largest absolute Gasteiger partial charge is 0.311 e. The Balaban J connectivity index is 1.84. The highest BCUT2D eigenvalue weighted by molar-refractivity contribution is 7.91. The summed E-state index contributed by atoms with van der Waals surface area (Å²) in [5.41, 5.74) is 2.23. The van der Waals surface area contributed by atoms with Crippen LogP contribution in [-0.2, 0) is 34.9 Å². The van der Waals surface area contributed by atoms with Crippen LogP contribution in [0, 0.1) is 0 Å². The number of H-pyrrole nitrogens is 1. The number of nitrogens with zero attached hydrogens (tertiary/aromatic N) is 1. The van der Waals surface area contributed by atoms with E-state index in [-0.39, 0.29) is 11.3 Å². The van der Waals surface area contributed by atoms with Crippen molar-refractivity contribution in [3.05, 3.63) is 63.3 Å². The zero-order valence-electron chi connectivity index (χ0n) is 12.4. The number of nitrogens with one attached hydrogen (secondary N) is 1. The molecule has 1 N–H and O–H groups in total. The minimum atomic E-state index is -3.34. The molecule has 1 aliphatic rings. The molecule has 22 heavy (non-hydrogen) atoms. The van der Waals surface area contributed by atoms with Gasteiger partial charge in [0.1, 0.15) is 5.82 Å². The van der Waals surface area contributed by atoms with Crippen LogP contribution in [0.25, 0.3) is 0 Å². The second kappa shape index (κ2) is 5.68. The molecule has 3 rings (SSSR count). The third-order valence-electron chi connectivity index (χ3n) is 4.05. The van der Waals surface area contributed by atoms with E-state index in [1.165, 1.54) is 6.07 Å². The van der Waals surface area contributed by atoms with E-state index < -0.39 is 15.1 Å². The molecule has 0 unspecified atom stereocenters. The first-order valence-electron chi connectivity index (χ1n) is 7.35. The molecular formula is C16H18N2O3S. The Morgan fingerprint density at radius 3 is 2.45 bits per heavy atom. The molecule has 0 aliphatic heterocycles. The van der Waals surface area contributed by atoms with E-state index in [4.69, 9.17) is 0 Å². The van der Waals surface area contributed by atoms with Crippen LogP contribution in [0.1, 0.15) is 29.6 Å². The van der Waals surface area contributed by atoms with E-state index in [1.54, 1.807) is 0 Å². The van der Waals surface area contributed by atoms with Gasteiger partial charge in [0.15, 0.2) is 9.84 Å². The second-order valence-electron chi connectivity index (χ2n) is 5.64. The van der Waals surface area contributed by atoms with Crippen LogP contribution >= 0.6 is 0 Å². The van der Waals surface area contributed by atoms with Crippen LogP contribution in [0.4, 0.5) is 0 Å². The lowest BCUT2D eigenvalue weighted by atomic mass is 10.1. The van der Waals surface area contributed by atoms with Crippen molar-refractivity contribution in [2.24, 2.45) is 0 Å². The third kappa shape index (κ3) is 2.97. The highest BCUT2D eigenvalue weighted by atomic mass is 32.2. The van der Waals surface area contributed by atoms with Gasteiger partial charge in [-0.05, 0) is 24.0 Å².